The maximum atomic E-state index is 14.7. The highest BCUT2D eigenvalue weighted by Gasteiger charge is 2.36. The summed E-state index contributed by atoms with van der Waals surface area (Å²) in [5.41, 5.74) is 2.76. The summed E-state index contributed by atoms with van der Waals surface area (Å²) in [5.74, 6) is -0.768. The van der Waals surface area contributed by atoms with Gasteiger partial charge in [0.15, 0.2) is 0 Å². The lowest BCUT2D eigenvalue weighted by atomic mass is 10.0. The Kier molecular flexibility index (Phi) is 11.1. The van der Waals surface area contributed by atoms with Crippen molar-refractivity contribution in [1.29, 1.82) is 0 Å². The van der Waals surface area contributed by atoms with Gasteiger partial charge in [0.05, 0.1) is 10.6 Å². The van der Waals surface area contributed by atoms with Crippen molar-refractivity contribution in [2.75, 3.05) is 10.8 Å². The summed E-state index contributed by atoms with van der Waals surface area (Å²) in [5, 5.41) is 3.66. The molecule has 4 aromatic carbocycles. The Hall–Kier alpha value is -4.14. The van der Waals surface area contributed by atoms with Gasteiger partial charge in [-0.1, -0.05) is 116 Å². The number of nitrogens with one attached hydrogen (secondary N) is 1. The van der Waals surface area contributed by atoms with Crippen molar-refractivity contribution < 1.29 is 18.0 Å². The quantitative estimate of drug-likeness (QED) is 0.171. The van der Waals surface area contributed by atoms with E-state index in [1.54, 1.807) is 36.4 Å². The van der Waals surface area contributed by atoms with Gasteiger partial charge >= 0.3 is 0 Å². The summed E-state index contributed by atoms with van der Waals surface area (Å²) >= 11 is 6.60. The summed E-state index contributed by atoms with van der Waals surface area (Å²) in [7, 11) is -4.16. The number of rotatable bonds is 13. The van der Waals surface area contributed by atoms with E-state index in [9.17, 15) is 18.0 Å². The lowest BCUT2D eigenvalue weighted by Crippen LogP contribution is -2.54. The van der Waals surface area contributed by atoms with Crippen LogP contribution in [-0.2, 0) is 39.0 Å². The Labute approximate surface area is 277 Å². The lowest BCUT2D eigenvalue weighted by molar-refractivity contribution is -0.140. The van der Waals surface area contributed by atoms with Gasteiger partial charge < -0.3 is 10.2 Å². The number of para-hydroxylation sites is 1. The molecule has 1 aliphatic rings. The molecule has 2 amide bonds. The number of aryl methyl sites for hydroxylation is 1. The zero-order chi connectivity index (χ0) is 32.5. The third-order valence-corrected chi connectivity index (χ3v) is 10.7. The fraction of sp³-hybridized carbons (Fsp3) is 0.297. The fourth-order valence-electron chi connectivity index (χ4n) is 6.02. The van der Waals surface area contributed by atoms with Gasteiger partial charge in [-0.25, -0.2) is 8.42 Å². The summed E-state index contributed by atoms with van der Waals surface area (Å²) in [4.78, 5) is 30.4. The number of carbonyl (C=O) groups excluding carboxylic acids is 2. The van der Waals surface area contributed by atoms with E-state index in [4.69, 9.17) is 11.6 Å². The molecule has 1 atom stereocenters. The molecule has 0 aliphatic heterocycles. The highest BCUT2D eigenvalue weighted by molar-refractivity contribution is 7.92. The molecular weight excluding hydrogens is 618 g/mol. The summed E-state index contributed by atoms with van der Waals surface area (Å²) in [6, 6.07) is 31.2. The van der Waals surface area contributed by atoms with E-state index in [1.807, 2.05) is 67.6 Å². The van der Waals surface area contributed by atoms with Crippen LogP contribution in [0.1, 0.15) is 49.3 Å². The van der Waals surface area contributed by atoms with Crippen LogP contribution < -0.4 is 9.62 Å². The smallest absolute Gasteiger partial charge is 0.264 e. The average molecular weight is 658 g/mol. The molecule has 1 saturated carbocycles. The van der Waals surface area contributed by atoms with Crippen molar-refractivity contribution in [2.45, 2.75) is 69.0 Å². The first-order valence-electron chi connectivity index (χ1n) is 15.8. The molecule has 1 aliphatic carbocycles. The minimum atomic E-state index is -4.16. The van der Waals surface area contributed by atoms with Crippen LogP contribution in [0, 0.1) is 0 Å². The molecule has 1 fully saturated rings. The van der Waals surface area contributed by atoms with Gasteiger partial charge in [-0.05, 0) is 60.2 Å². The van der Waals surface area contributed by atoms with Gasteiger partial charge in [0.2, 0.25) is 11.8 Å². The van der Waals surface area contributed by atoms with Crippen molar-refractivity contribution in [3.8, 4) is 0 Å². The molecule has 5 rings (SSSR count). The molecule has 0 bridgehead atoms. The molecule has 0 radical (unpaired) electrons. The normalized spacial score (nSPS) is 14.0. The second-order valence-electron chi connectivity index (χ2n) is 11.6. The summed E-state index contributed by atoms with van der Waals surface area (Å²) in [6.07, 6.45) is 4.68. The SMILES string of the molecule is CCc1ccccc1N(CC(=O)N(Cc1ccccc1Cl)C(Cc1ccccc1)C(=O)NC1CCCC1)S(=O)(=O)c1ccccc1. The maximum absolute atomic E-state index is 14.7. The lowest BCUT2D eigenvalue weighted by Gasteiger charge is -2.35. The monoisotopic (exact) mass is 657 g/mol. The Morgan fingerprint density at radius 2 is 1.41 bits per heavy atom. The summed E-state index contributed by atoms with van der Waals surface area (Å²) in [6.45, 7) is 1.48. The number of carbonyl (C=O) groups is 2. The largest absolute Gasteiger partial charge is 0.352 e. The third kappa shape index (κ3) is 7.98. The average Bonchev–Trinajstić information content (AvgIpc) is 3.59. The Bertz CT molecular complexity index is 1730. The predicted molar refractivity (Wildman–Crippen MR) is 183 cm³/mol. The zero-order valence-corrected chi connectivity index (χ0v) is 27.6. The van der Waals surface area contributed by atoms with E-state index >= 15 is 0 Å². The molecule has 9 heteroatoms. The van der Waals surface area contributed by atoms with Crippen LogP contribution in [-0.4, -0.2) is 43.8 Å². The fourth-order valence-corrected chi connectivity index (χ4v) is 7.69. The Morgan fingerprint density at radius 3 is 2.07 bits per heavy atom. The number of nitrogens with zero attached hydrogens (tertiary/aromatic N) is 2. The molecule has 7 nitrogen and oxygen atoms in total. The third-order valence-electron chi connectivity index (χ3n) is 8.52. The first-order valence-corrected chi connectivity index (χ1v) is 17.6. The van der Waals surface area contributed by atoms with Crippen LogP contribution in [0.25, 0.3) is 0 Å². The molecule has 1 N–H and O–H groups in total. The molecule has 0 aromatic heterocycles. The first-order chi connectivity index (χ1) is 22.3. The van der Waals surface area contributed by atoms with Crippen molar-refractivity contribution in [2.24, 2.45) is 0 Å². The highest BCUT2D eigenvalue weighted by Crippen LogP contribution is 2.29. The highest BCUT2D eigenvalue weighted by atomic mass is 35.5. The summed E-state index contributed by atoms with van der Waals surface area (Å²) < 4.78 is 29.7. The molecule has 240 valence electrons. The number of amides is 2. The second-order valence-corrected chi connectivity index (χ2v) is 13.9. The molecule has 4 aromatic rings. The van der Waals surface area contributed by atoms with E-state index in [-0.39, 0.29) is 29.8 Å². The van der Waals surface area contributed by atoms with Gasteiger partial charge in [-0.15, -0.1) is 0 Å². The number of hydrogen-bond donors (Lipinski definition) is 1. The molecule has 0 saturated heterocycles. The van der Waals surface area contributed by atoms with Crippen molar-refractivity contribution in [3.63, 3.8) is 0 Å². The van der Waals surface area contributed by atoms with E-state index in [0.717, 1.165) is 36.8 Å². The minimum Gasteiger partial charge on any atom is -0.352 e. The predicted octanol–water partition coefficient (Wildman–Crippen LogP) is 6.80. The molecular formula is C37H40ClN3O4S. The molecule has 0 spiro atoms. The number of anilines is 1. The van der Waals surface area contributed by atoms with Crippen LogP contribution in [0.4, 0.5) is 5.69 Å². The first kappa shape index (κ1) is 33.2. The standard InChI is InChI=1S/C37H40ClN3O4S/c1-2-29-17-10-14-24-34(29)41(46(44,45)32-21-7-4-8-22-32)27-36(42)40(26-30-18-9-13-23-33(30)38)35(25-28-15-5-3-6-16-28)37(43)39-31-19-11-12-20-31/h3-10,13-18,21-24,31,35H,2,11-12,19-20,25-27H2,1H3,(H,39,43). The van der Waals surface area contributed by atoms with Crippen LogP contribution in [0.3, 0.4) is 0 Å². The van der Waals surface area contributed by atoms with E-state index in [2.05, 4.69) is 5.32 Å². The molecule has 46 heavy (non-hydrogen) atoms. The van der Waals surface area contributed by atoms with E-state index in [1.165, 1.54) is 21.3 Å². The van der Waals surface area contributed by atoms with Crippen LogP contribution in [0.2, 0.25) is 5.02 Å². The second kappa shape index (κ2) is 15.4. The van der Waals surface area contributed by atoms with Crippen LogP contribution in [0.15, 0.2) is 114 Å². The van der Waals surface area contributed by atoms with Gasteiger partial charge in [-0.2, -0.15) is 0 Å². The molecule has 0 heterocycles. The number of halogens is 1. The Balaban J connectivity index is 1.59. The van der Waals surface area contributed by atoms with E-state index in [0.29, 0.717) is 22.7 Å². The number of benzene rings is 4. The maximum Gasteiger partial charge on any atom is 0.264 e. The van der Waals surface area contributed by atoms with Crippen molar-refractivity contribution in [1.82, 2.24) is 10.2 Å². The van der Waals surface area contributed by atoms with Crippen molar-refractivity contribution in [3.05, 3.63) is 131 Å². The minimum absolute atomic E-state index is 0.0305. The van der Waals surface area contributed by atoms with Crippen LogP contribution >= 0.6 is 11.6 Å². The van der Waals surface area contributed by atoms with Gasteiger partial charge in [0, 0.05) is 24.0 Å². The number of hydrogen-bond acceptors (Lipinski definition) is 4. The van der Waals surface area contributed by atoms with Gasteiger partial charge in [-0.3, -0.25) is 13.9 Å². The van der Waals surface area contributed by atoms with E-state index < -0.39 is 28.5 Å². The zero-order valence-electron chi connectivity index (χ0n) is 26.0. The number of sulfonamides is 1. The van der Waals surface area contributed by atoms with Gasteiger partial charge in [0.25, 0.3) is 10.0 Å². The van der Waals surface area contributed by atoms with Crippen molar-refractivity contribution >= 4 is 39.1 Å². The Morgan fingerprint density at radius 1 is 0.826 bits per heavy atom. The topological polar surface area (TPSA) is 86.8 Å². The molecule has 1 unspecified atom stereocenters. The van der Waals surface area contributed by atoms with Crippen LogP contribution in [0.5, 0.6) is 0 Å². The van der Waals surface area contributed by atoms with Gasteiger partial charge in [0.1, 0.15) is 12.6 Å².